The van der Waals surface area contributed by atoms with E-state index >= 15 is 0 Å². The number of fused-ring (bicyclic) bond motifs is 3. The Balaban J connectivity index is 1.60. The molecule has 0 spiro atoms. The van der Waals surface area contributed by atoms with Crippen LogP contribution in [0, 0.1) is 0 Å². The van der Waals surface area contributed by atoms with Gasteiger partial charge in [0.25, 0.3) is 0 Å². The van der Waals surface area contributed by atoms with Gasteiger partial charge in [-0.3, -0.25) is 0 Å². The molecule has 1 aliphatic carbocycles. The molecule has 0 bridgehead atoms. The van der Waals surface area contributed by atoms with E-state index in [0.717, 1.165) is 50.3 Å². The molecular formula is C35H24N2O. The second-order valence-electron chi connectivity index (χ2n) is 9.52. The number of rotatable bonds is 4. The van der Waals surface area contributed by atoms with Gasteiger partial charge in [-0.2, -0.15) is 0 Å². The summed E-state index contributed by atoms with van der Waals surface area (Å²) < 4.78 is 0. The highest BCUT2D eigenvalue weighted by atomic mass is 16.3. The molecule has 180 valence electrons. The largest absolute Gasteiger partial charge is 0.376 e. The molecule has 7 rings (SSSR count). The normalized spacial score (nSPS) is 15.6. The smallest absolute Gasteiger partial charge is 0.160 e. The fourth-order valence-electron chi connectivity index (χ4n) is 5.61. The van der Waals surface area contributed by atoms with Crippen molar-refractivity contribution in [1.29, 1.82) is 0 Å². The van der Waals surface area contributed by atoms with E-state index in [0.29, 0.717) is 11.4 Å². The van der Waals surface area contributed by atoms with E-state index in [2.05, 4.69) is 18.2 Å². The van der Waals surface area contributed by atoms with Crippen LogP contribution in [0.1, 0.15) is 16.7 Å². The van der Waals surface area contributed by atoms with Crippen LogP contribution in [0.2, 0.25) is 0 Å². The fraction of sp³-hybridized carbons (Fsp3) is 0.0286. The maximum Gasteiger partial charge on any atom is 0.160 e. The van der Waals surface area contributed by atoms with Crippen molar-refractivity contribution in [1.82, 2.24) is 9.97 Å². The summed E-state index contributed by atoms with van der Waals surface area (Å²) in [5.74, 6) is 0.638. The van der Waals surface area contributed by atoms with Crippen LogP contribution in [-0.4, -0.2) is 15.1 Å². The molecule has 38 heavy (non-hydrogen) atoms. The maximum atomic E-state index is 13.0. The molecule has 1 aliphatic rings. The summed E-state index contributed by atoms with van der Waals surface area (Å²) in [7, 11) is 0. The molecule has 0 amide bonds. The van der Waals surface area contributed by atoms with Crippen molar-refractivity contribution >= 4 is 0 Å². The number of hydrogen-bond donors (Lipinski definition) is 1. The van der Waals surface area contributed by atoms with E-state index < -0.39 is 5.60 Å². The highest BCUT2D eigenvalue weighted by Gasteiger charge is 2.48. The predicted molar refractivity (Wildman–Crippen MR) is 152 cm³/mol. The van der Waals surface area contributed by atoms with Crippen LogP contribution in [0.5, 0.6) is 0 Å². The van der Waals surface area contributed by atoms with Gasteiger partial charge in [0.05, 0.1) is 11.4 Å². The lowest BCUT2D eigenvalue weighted by atomic mass is 9.79. The van der Waals surface area contributed by atoms with Crippen molar-refractivity contribution in [3.63, 3.8) is 0 Å². The number of nitrogens with zero attached hydrogens (tertiary/aromatic N) is 2. The zero-order chi connectivity index (χ0) is 25.5. The Hall–Kier alpha value is -4.86. The van der Waals surface area contributed by atoms with Gasteiger partial charge >= 0.3 is 0 Å². The average molecular weight is 489 g/mol. The Bertz CT molecular complexity index is 1770. The molecular weight excluding hydrogens is 464 g/mol. The Morgan fingerprint density at radius 1 is 0.421 bits per heavy atom. The second kappa shape index (κ2) is 8.91. The molecule has 0 fully saturated rings. The zero-order valence-corrected chi connectivity index (χ0v) is 20.6. The van der Waals surface area contributed by atoms with Gasteiger partial charge in [0.2, 0.25) is 0 Å². The molecule has 0 saturated carbocycles. The van der Waals surface area contributed by atoms with Crippen LogP contribution in [0.25, 0.3) is 45.0 Å². The Labute approximate surface area is 221 Å². The number of benzene rings is 5. The Kier molecular flexibility index (Phi) is 5.24. The maximum absolute atomic E-state index is 13.0. The van der Waals surface area contributed by atoms with Crippen LogP contribution in [-0.2, 0) is 5.60 Å². The van der Waals surface area contributed by atoms with Gasteiger partial charge in [-0.05, 0) is 11.1 Å². The van der Waals surface area contributed by atoms with E-state index in [4.69, 9.17) is 9.97 Å². The lowest BCUT2D eigenvalue weighted by molar-refractivity contribution is 0.131. The van der Waals surface area contributed by atoms with Crippen molar-refractivity contribution in [3.8, 4) is 45.0 Å². The Morgan fingerprint density at radius 2 is 0.868 bits per heavy atom. The molecule has 3 heteroatoms. The second-order valence-corrected chi connectivity index (χ2v) is 9.52. The topological polar surface area (TPSA) is 46.0 Å². The van der Waals surface area contributed by atoms with E-state index in [1.54, 1.807) is 0 Å². The van der Waals surface area contributed by atoms with Gasteiger partial charge in [0.15, 0.2) is 5.82 Å². The van der Waals surface area contributed by atoms with Gasteiger partial charge < -0.3 is 5.11 Å². The highest BCUT2D eigenvalue weighted by Crippen LogP contribution is 2.54. The summed E-state index contributed by atoms with van der Waals surface area (Å²) in [5, 5.41) is 13.0. The van der Waals surface area contributed by atoms with Crippen LogP contribution in [0.3, 0.4) is 0 Å². The molecule has 1 heterocycles. The standard InChI is InChI=1S/C35H24N2O/c38-35(29-22-12-10-20-27(29)24-14-4-1-5-15-24)30-23-13-11-21-28(30)33-31(35)32(25-16-6-2-7-17-25)36-34(37-33)26-18-8-3-9-19-26/h1-23,38H. The first kappa shape index (κ1) is 22.3. The van der Waals surface area contributed by atoms with Crippen LogP contribution in [0.15, 0.2) is 140 Å². The van der Waals surface area contributed by atoms with Crippen molar-refractivity contribution < 1.29 is 5.11 Å². The summed E-state index contributed by atoms with van der Waals surface area (Å²) >= 11 is 0. The third kappa shape index (κ3) is 3.41. The van der Waals surface area contributed by atoms with E-state index in [1.165, 1.54) is 0 Å². The first-order valence-electron chi connectivity index (χ1n) is 12.8. The fourth-order valence-corrected chi connectivity index (χ4v) is 5.61. The lowest BCUT2D eigenvalue weighted by Gasteiger charge is -2.30. The summed E-state index contributed by atoms with van der Waals surface area (Å²) in [6, 6.07) is 46.5. The summed E-state index contributed by atoms with van der Waals surface area (Å²) in [6.07, 6.45) is 0. The van der Waals surface area contributed by atoms with Crippen LogP contribution < -0.4 is 0 Å². The molecule has 1 aromatic heterocycles. The first-order valence-corrected chi connectivity index (χ1v) is 12.8. The molecule has 0 radical (unpaired) electrons. The lowest BCUT2D eigenvalue weighted by Crippen LogP contribution is -2.28. The molecule has 1 N–H and O–H groups in total. The van der Waals surface area contributed by atoms with Crippen molar-refractivity contribution in [2.24, 2.45) is 0 Å². The van der Waals surface area contributed by atoms with E-state index in [1.807, 2.05) is 121 Å². The minimum Gasteiger partial charge on any atom is -0.376 e. The molecule has 6 aromatic rings. The average Bonchev–Trinajstić information content (AvgIpc) is 3.27. The first-order chi connectivity index (χ1) is 18.7. The summed E-state index contributed by atoms with van der Waals surface area (Å²) in [6.45, 7) is 0. The van der Waals surface area contributed by atoms with Crippen molar-refractivity contribution in [2.45, 2.75) is 5.60 Å². The monoisotopic (exact) mass is 488 g/mol. The molecule has 5 aromatic carbocycles. The van der Waals surface area contributed by atoms with E-state index in [9.17, 15) is 5.11 Å². The van der Waals surface area contributed by atoms with Crippen LogP contribution in [0.4, 0.5) is 0 Å². The predicted octanol–water partition coefficient (Wildman–Crippen LogP) is 7.74. The summed E-state index contributed by atoms with van der Waals surface area (Å²) in [4.78, 5) is 10.2. The SMILES string of the molecule is OC1(c2ccccc2-c2ccccc2)c2ccccc2-c2nc(-c3ccccc3)nc(-c3ccccc3)c21. The Morgan fingerprint density at radius 3 is 1.50 bits per heavy atom. The highest BCUT2D eigenvalue weighted by molar-refractivity contribution is 5.89. The molecule has 3 nitrogen and oxygen atoms in total. The number of hydrogen-bond acceptors (Lipinski definition) is 3. The molecule has 0 saturated heterocycles. The molecule has 0 aliphatic heterocycles. The van der Waals surface area contributed by atoms with Crippen LogP contribution >= 0.6 is 0 Å². The summed E-state index contributed by atoms with van der Waals surface area (Å²) in [5.41, 5.74) is 7.21. The minimum atomic E-state index is -1.45. The van der Waals surface area contributed by atoms with Gasteiger partial charge in [-0.1, -0.05) is 140 Å². The molecule has 1 unspecified atom stereocenters. The third-order valence-electron chi connectivity index (χ3n) is 7.32. The van der Waals surface area contributed by atoms with Gasteiger partial charge in [-0.25, -0.2) is 9.97 Å². The minimum absolute atomic E-state index is 0.638. The third-order valence-corrected chi connectivity index (χ3v) is 7.32. The number of aromatic nitrogens is 2. The van der Waals surface area contributed by atoms with Gasteiger partial charge in [0.1, 0.15) is 5.60 Å². The molecule has 1 atom stereocenters. The zero-order valence-electron chi connectivity index (χ0n) is 20.6. The van der Waals surface area contributed by atoms with E-state index in [-0.39, 0.29) is 0 Å². The van der Waals surface area contributed by atoms with Gasteiger partial charge in [-0.15, -0.1) is 0 Å². The van der Waals surface area contributed by atoms with Crippen molar-refractivity contribution in [2.75, 3.05) is 0 Å². The van der Waals surface area contributed by atoms with Gasteiger partial charge in [0, 0.05) is 33.4 Å². The van der Waals surface area contributed by atoms with Crippen molar-refractivity contribution in [3.05, 3.63) is 156 Å². The number of aliphatic hydroxyl groups is 1. The quantitative estimate of drug-likeness (QED) is 0.276.